The van der Waals surface area contributed by atoms with E-state index in [2.05, 4.69) is 86.7 Å². The Bertz CT molecular complexity index is 1790. The SMILES string of the molecule is CCCCCC1CCC(C(=CCOCC=C(c2ccc(-c3ccc(C#N)cc3)cc2)C2CCC(CCCCC)CC2)c2ccc(-c3ccc(C#N)cc3)cc2)CC1. The molecule has 0 amide bonds. The van der Waals surface area contributed by atoms with E-state index in [0.717, 1.165) is 23.0 Å². The molecule has 3 nitrogen and oxygen atoms in total. The number of hydrogen-bond acceptors (Lipinski definition) is 3. The van der Waals surface area contributed by atoms with Crippen molar-refractivity contribution in [2.45, 2.75) is 117 Å². The lowest BCUT2D eigenvalue weighted by Crippen LogP contribution is -2.17. The molecule has 0 atom stereocenters. The Kier molecular flexibility index (Phi) is 16.4. The lowest BCUT2D eigenvalue weighted by atomic mass is 9.75. The van der Waals surface area contributed by atoms with Crippen LogP contribution in [0.25, 0.3) is 33.4 Å². The van der Waals surface area contributed by atoms with E-state index in [1.54, 1.807) is 0 Å². The van der Waals surface area contributed by atoms with Crippen LogP contribution < -0.4 is 0 Å². The Morgan fingerprint density at radius 2 is 0.825 bits per heavy atom. The van der Waals surface area contributed by atoms with Gasteiger partial charge in [-0.25, -0.2) is 0 Å². The van der Waals surface area contributed by atoms with E-state index in [-0.39, 0.29) is 0 Å². The van der Waals surface area contributed by atoms with Gasteiger partial charge >= 0.3 is 0 Å². The highest BCUT2D eigenvalue weighted by Crippen LogP contribution is 2.41. The van der Waals surface area contributed by atoms with Crippen molar-refractivity contribution in [1.82, 2.24) is 0 Å². The summed E-state index contributed by atoms with van der Waals surface area (Å²) in [4.78, 5) is 0. The molecule has 57 heavy (non-hydrogen) atoms. The lowest BCUT2D eigenvalue weighted by Gasteiger charge is -2.31. The zero-order valence-corrected chi connectivity index (χ0v) is 34.7. The largest absolute Gasteiger partial charge is 0.373 e. The molecule has 2 fully saturated rings. The molecule has 3 heteroatoms. The van der Waals surface area contributed by atoms with E-state index < -0.39 is 0 Å². The molecule has 0 aliphatic heterocycles. The predicted octanol–water partition coefficient (Wildman–Crippen LogP) is 15.0. The fourth-order valence-corrected chi connectivity index (χ4v) is 9.48. The Morgan fingerprint density at radius 1 is 0.491 bits per heavy atom. The van der Waals surface area contributed by atoms with Crippen molar-refractivity contribution in [3.63, 3.8) is 0 Å². The molecular weight excluding hydrogens is 693 g/mol. The fraction of sp³-hybridized carbons (Fsp3) is 0.444. The first-order chi connectivity index (χ1) is 28.1. The second kappa shape index (κ2) is 22.3. The Morgan fingerprint density at radius 3 is 1.14 bits per heavy atom. The van der Waals surface area contributed by atoms with Crippen molar-refractivity contribution in [1.29, 1.82) is 10.5 Å². The van der Waals surface area contributed by atoms with E-state index in [1.165, 1.54) is 136 Å². The first-order valence-corrected chi connectivity index (χ1v) is 22.3. The molecule has 0 heterocycles. The maximum Gasteiger partial charge on any atom is 0.0991 e. The molecule has 0 N–H and O–H groups in total. The predicted molar refractivity (Wildman–Crippen MR) is 239 cm³/mol. The number of nitriles is 2. The molecule has 0 unspecified atom stereocenters. The molecule has 296 valence electrons. The Hall–Kier alpha value is -4.70. The quantitative estimate of drug-likeness (QED) is 0.0950. The van der Waals surface area contributed by atoms with Crippen LogP contribution in [0, 0.1) is 46.3 Å². The third-order valence-corrected chi connectivity index (χ3v) is 13.0. The molecule has 0 bridgehead atoms. The normalized spacial score (nSPS) is 20.1. The molecular formula is C54H64N2O. The first kappa shape index (κ1) is 41.9. The molecule has 0 aromatic heterocycles. The van der Waals surface area contributed by atoms with Gasteiger partial charge in [-0.3, -0.25) is 0 Å². The summed E-state index contributed by atoms with van der Waals surface area (Å²) in [7, 11) is 0. The lowest BCUT2D eigenvalue weighted by molar-refractivity contribution is 0.193. The molecule has 2 aliphatic rings. The van der Waals surface area contributed by atoms with Gasteiger partial charge in [-0.05, 0) is 144 Å². The molecule has 6 rings (SSSR count). The summed E-state index contributed by atoms with van der Waals surface area (Å²) in [5.74, 6) is 2.87. The minimum absolute atomic E-state index is 0.560. The molecule has 0 saturated heterocycles. The minimum Gasteiger partial charge on any atom is -0.373 e. The topological polar surface area (TPSA) is 56.8 Å². The molecule has 0 radical (unpaired) electrons. The van der Waals surface area contributed by atoms with Crippen molar-refractivity contribution >= 4 is 11.1 Å². The van der Waals surface area contributed by atoms with Crippen LogP contribution >= 0.6 is 0 Å². The monoisotopic (exact) mass is 757 g/mol. The van der Waals surface area contributed by atoms with Crippen molar-refractivity contribution in [2.75, 3.05) is 13.2 Å². The number of unbranched alkanes of at least 4 members (excludes halogenated alkanes) is 4. The zero-order chi connectivity index (χ0) is 39.7. The van der Waals surface area contributed by atoms with Crippen LogP contribution in [0.3, 0.4) is 0 Å². The highest BCUT2D eigenvalue weighted by molar-refractivity contribution is 5.73. The van der Waals surface area contributed by atoms with Gasteiger partial charge in [-0.1, -0.05) is 150 Å². The number of hydrogen-bond donors (Lipinski definition) is 0. The Balaban J connectivity index is 1.17. The van der Waals surface area contributed by atoms with Crippen molar-refractivity contribution in [3.05, 3.63) is 131 Å². The van der Waals surface area contributed by atoms with Gasteiger partial charge in [-0.2, -0.15) is 10.5 Å². The maximum atomic E-state index is 9.25. The molecule has 2 aliphatic carbocycles. The second-order valence-electron chi connectivity index (χ2n) is 16.8. The van der Waals surface area contributed by atoms with E-state index in [0.29, 0.717) is 36.2 Å². The first-order valence-electron chi connectivity index (χ1n) is 22.3. The molecule has 0 spiro atoms. The van der Waals surface area contributed by atoms with E-state index in [9.17, 15) is 10.5 Å². The van der Waals surface area contributed by atoms with Crippen LogP contribution in [-0.2, 0) is 4.74 Å². The van der Waals surface area contributed by atoms with Gasteiger partial charge in [0.1, 0.15) is 0 Å². The van der Waals surface area contributed by atoms with E-state index in [4.69, 9.17) is 4.74 Å². The van der Waals surface area contributed by atoms with Gasteiger partial charge in [-0.15, -0.1) is 0 Å². The number of benzene rings is 4. The number of nitrogens with zero attached hydrogens (tertiary/aromatic N) is 2. The van der Waals surface area contributed by atoms with Gasteiger partial charge in [0.2, 0.25) is 0 Å². The van der Waals surface area contributed by atoms with Gasteiger partial charge in [0.15, 0.2) is 0 Å². The van der Waals surface area contributed by atoms with Crippen molar-refractivity contribution < 1.29 is 4.74 Å². The van der Waals surface area contributed by atoms with Crippen LogP contribution in [-0.4, -0.2) is 13.2 Å². The Labute approximate surface area is 344 Å². The molecule has 2 saturated carbocycles. The molecule has 4 aromatic rings. The smallest absolute Gasteiger partial charge is 0.0991 e. The van der Waals surface area contributed by atoms with Gasteiger partial charge in [0.05, 0.1) is 36.5 Å². The highest BCUT2D eigenvalue weighted by atomic mass is 16.5. The van der Waals surface area contributed by atoms with Crippen LogP contribution in [0.4, 0.5) is 0 Å². The van der Waals surface area contributed by atoms with E-state index >= 15 is 0 Å². The third-order valence-electron chi connectivity index (χ3n) is 13.0. The third kappa shape index (κ3) is 12.2. The second-order valence-corrected chi connectivity index (χ2v) is 16.8. The average Bonchev–Trinajstić information content (AvgIpc) is 3.27. The van der Waals surface area contributed by atoms with Crippen molar-refractivity contribution in [2.24, 2.45) is 23.7 Å². The summed E-state index contributed by atoms with van der Waals surface area (Å²) in [6, 6.07) is 38.4. The number of ether oxygens (including phenoxy) is 1. The zero-order valence-electron chi connectivity index (χ0n) is 34.7. The summed E-state index contributed by atoms with van der Waals surface area (Å²) in [5.41, 5.74) is 11.5. The van der Waals surface area contributed by atoms with E-state index in [1.807, 2.05) is 48.5 Å². The standard InChI is InChI=1S/C54H64N2O/c1-3-5-7-9-41-11-23-49(24-12-41)53(51-31-27-47(28-32-51)45-19-15-43(39-55)16-20-45)35-37-57-38-36-54(50-25-13-42(14-26-50)10-8-6-4-2)52-33-29-48(30-34-52)46-21-17-44(40-56)18-22-46/h15-22,27-36,41-42,49-50H,3-14,23-26,37-38H2,1-2H3. The van der Waals surface area contributed by atoms with Gasteiger partial charge in [0, 0.05) is 0 Å². The summed E-state index contributed by atoms with van der Waals surface area (Å²) in [6.07, 6.45) is 25.9. The molecule has 4 aromatic carbocycles. The number of allylic oxidation sites excluding steroid dienone is 2. The van der Waals surface area contributed by atoms with Crippen LogP contribution in [0.2, 0.25) is 0 Å². The van der Waals surface area contributed by atoms with Crippen molar-refractivity contribution in [3.8, 4) is 34.4 Å². The average molecular weight is 757 g/mol. The minimum atomic E-state index is 0.560. The van der Waals surface area contributed by atoms with Crippen LogP contribution in [0.1, 0.15) is 139 Å². The summed E-state index contributed by atoms with van der Waals surface area (Å²) >= 11 is 0. The highest BCUT2D eigenvalue weighted by Gasteiger charge is 2.26. The summed E-state index contributed by atoms with van der Waals surface area (Å²) in [6.45, 7) is 5.82. The maximum absolute atomic E-state index is 9.25. The van der Waals surface area contributed by atoms with Gasteiger partial charge < -0.3 is 4.74 Å². The van der Waals surface area contributed by atoms with Crippen LogP contribution in [0.15, 0.2) is 109 Å². The fourth-order valence-electron chi connectivity index (χ4n) is 9.48. The van der Waals surface area contributed by atoms with Crippen LogP contribution in [0.5, 0.6) is 0 Å². The summed E-state index contributed by atoms with van der Waals surface area (Å²) < 4.78 is 6.52. The summed E-state index contributed by atoms with van der Waals surface area (Å²) in [5, 5.41) is 18.5. The number of rotatable bonds is 18. The van der Waals surface area contributed by atoms with Gasteiger partial charge in [0.25, 0.3) is 0 Å².